The summed E-state index contributed by atoms with van der Waals surface area (Å²) >= 11 is 0. The maximum absolute atomic E-state index is 14.3. The Balaban J connectivity index is 0.00000225. The molecule has 2 fully saturated rings. The van der Waals surface area contributed by atoms with Gasteiger partial charge in [0.05, 0.1) is 6.20 Å². The summed E-state index contributed by atoms with van der Waals surface area (Å²) in [4.78, 5) is 22.3. The predicted molar refractivity (Wildman–Crippen MR) is 109 cm³/mol. The molecule has 2 aromatic rings. The molecule has 2 aliphatic rings. The number of fused-ring (bicyclic) bond motifs is 1. The largest absolute Gasteiger partial charge is 0.353 e. The standard InChI is InChI=1S/C19H23FN6O.ClH/c1-2-22-18(27)12-3-5-15(6-4-12)24-19-23-9-16(20)17(25-19)26-10-13-7-21-8-14(13)11-26;/h3-6,9,13-14,21H,2,7-8,10-11H2,1H3,(H,22,27)(H,23,24,25);1H/t13-,14+;. The summed E-state index contributed by atoms with van der Waals surface area (Å²) in [6, 6.07) is 7.02. The molecule has 7 nitrogen and oxygen atoms in total. The first kappa shape index (κ1) is 20.3. The number of rotatable bonds is 5. The van der Waals surface area contributed by atoms with E-state index in [2.05, 4.69) is 25.9 Å². The SMILES string of the molecule is CCNC(=O)c1ccc(Nc2ncc(F)c(N3C[C@H]4CNC[C@H]4C3)n2)cc1.Cl. The highest BCUT2D eigenvalue weighted by atomic mass is 35.5. The van der Waals surface area contributed by atoms with Gasteiger partial charge in [0.1, 0.15) is 0 Å². The van der Waals surface area contributed by atoms with Crippen LogP contribution in [0.4, 0.5) is 21.8 Å². The van der Waals surface area contributed by atoms with Crippen molar-refractivity contribution in [1.29, 1.82) is 0 Å². The average Bonchev–Trinajstić information content (AvgIpc) is 3.26. The Kier molecular flexibility index (Phi) is 6.31. The number of hydrogen-bond acceptors (Lipinski definition) is 6. The van der Waals surface area contributed by atoms with Gasteiger partial charge in [0.25, 0.3) is 5.91 Å². The number of anilines is 3. The van der Waals surface area contributed by atoms with Crippen LogP contribution in [0.2, 0.25) is 0 Å². The molecule has 1 amide bonds. The van der Waals surface area contributed by atoms with Gasteiger partial charge in [0.2, 0.25) is 5.95 Å². The summed E-state index contributed by atoms with van der Waals surface area (Å²) in [5.74, 6) is 1.28. The van der Waals surface area contributed by atoms with Crippen molar-refractivity contribution in [3.05, 3.63) is 41.8 Å². The van der Waals surface area contributed by atoms with Gasteiger partial charge in [0, 0.05) is 44.0 Å². The van der Waals surface area contributed by atoms with Crippen LogP contribution < -0.4 is 20.9 Å². The smallest absolute Gasteiger partial charge is 0.251 e. The lowest BCUT2D eigenvalue weighted by molar-refractivity contribution is 0.0956. The van der Waals surface area contributed by atoms with Gasteiger partial charge >= 0.3 is 0 Å². The quantitative estimate of drug-likeness (QED) is 0.706. The van der Waals surface area contributed by atoms with E-state index in [1.165, 1.54) is 6.20 Å². The maximum atomic E-state index is 14.3. The molecule has 2 atom stereocenters. The monoisotopic (exact) mass is 406 g/mol. The van der Waals surface area contributed by atoms with Gasteiger partial charge in [-0.2, -0.15) is 4.98 Å². The van der Waals surface area contributed by atoms with Crippen molar-refractivity contribution in [2.24, 2.45) is 11.8 Å². The molecule has 0 unspecified atom stereocenters. The highest BCUT2D eigenvalue weighted by Gasteiger charge is 2.37. The van der Waals surface area contributed by atoms with Crippen LogP contribution in [0.5, 0.6) is 0 Å². The molecule has 3 heterocycles. The van der Waals surface area contributed by atoms with Gasteiger partial charge in [-0.05, 0) is 43.0 Å². The first-order chi connectivity index (χ1) is 13.1. The zero-order valence-corrected chi connectivity index (χ0v) is 16.4. The molecule has 0 saturated carbocycles. The van der Waals surface area contributed by atoms with Gasteiger partial charge in [-0.3, -0.25) is 4.79 Å². The third-order valence-electron chi connectivity index (χ3n) is 5.16. The Hall–Kier alpha value is -2.45. The van der Waals surface area contributed by atoms with E-state index in [0.29, 0.717) is 35.7 Å². The zero-order chi connectivity index (χ0) is 18.8. The van der Waals surface area contributed by atoms with Crippen LogP contribution in [-0.4, -0.2) is 48.6 Å². The van der Waals surface area contributed by atoms with Gasteiger partial charge in [0.15, 0.2) is 11.6 Å². The van der Waals surface area contributed by atoms with Gasteiger partial charge in [-0.25, -0.2) is 9.37 Å². The summed E-state index contributed by atoms with van der Waals surface area (Å²) in [6.07, 6.45) is 1.21. The molecule has 0 radical (unpaired) electrons. The third-order valence-corrected chi connectivity index (χ3v) is 5.16. The Morgan fingerprint density at radius 3 is 2.57 bits per heavy atom. The summed E-state index contributed by atoms with van der Waals surface area (Å²) in [6.45, 7) is 6.05. The van der Waals surface area contributed by atoms with E-state index in [-0.39, 0.29) is 18.3 Å². The van der Waals surface area contributed by atoms with E-state index >= 15 is 0 Å². The summed E-state index contributed by atoms with van der Waals surface area (Å²) in [5, 5.41) is 9.22. The number of amides is 1. The minimum Gasteiger partial charge on any atom is -0.353 e. The third kappa shape index (κ3) is 4.18. The summed E-state index contributed by atoms with van der Waals surface area (Å²) in [5.41, 5.74) is 1.32. The van der Waals surface area contributed by atoms with Crippen LogP contribution in [-0.2, 0) is 0 Å². The number of nitrogens with zero attached hydrogens (tertiary/aromatic N) is 3. The van der Waals surface area contributed by atoms with E-state index in [0.717, 1.165) is 31.9 Å². The van der Waals surface area contributed by atoms with E-state index in [9.17, 15) is 9.18 Å². The van der Waals surface area contributed by atoms with Gasteiger partial charge in [-0.15, -0.1) is 12.4 Å². The first-order valence-electron chi connectivity index (χ1n) is 9.27. The molecular weight excluding hydrogens is 383 g/mol. The molecule has 1 aromatic carbocycles. The predicted octanol–water partition coefficient (Wildman–Crippen LogP) is 2.19. The van der Waals surface area contributed by atoms with Crippen molar-refractivity contribution in [1.82, 2.24) is 20.6 Å². The van der Waals surface area contributed by atoms with Crippen molar-refractivity contribution in [3.63, 3.8) is 0 Å². The fraction of sp³-hybridized carbons (Fsp3) is 0.421. The molecule has 1 aromatic heterocycles. The lowest BCUT2D eigenvalue weighted by Crippen LogP contribution is -2.27. The number of benzene rings is 1. The summed E-state index contributed by atoms with van der Waals surface area (Å²) < 4.78 is 14.3. The molecular formula is C19H24ClFN6O. The topological polar surface area (TPSA) is 82.2 Å². The number of hydrogen-bond donors (Lipinski definition) is 3. The number of halogens is 2. The van der Waals surface area contributed by atoms with Crippen LogP contribution in [0.1, 0.15) is 17.3 Å². The molecule has 3 N–H and O–H groups in total. The fourth-order valence-corrected chi connectivity index (χ4v) is 3.77. The Morgan fingerprint density at radius 2 is 1.93 bits per heavy atom. The first-order valence-corrected chi connectivity index (χ1v) is 9.27. The highest BCUT2D eigenvalue weighted by molar-refractivity contribution is 5.94. The fourth-order valence-electron chi connectivity index (χ4n) is 3.77. The molecule has 4 rings (SSSR count). The molecule has 0 bridgehead atoms. The van der Waals surface area contributed by atoms with E-state index in [4.69, 9.17) is 0 Å². The molecule has 2 aliphatic heterocycles. The summed E-state index contributed by atoms with van der Waals surface area (Å²) in [7, 11) is 0. The van der Waals surface area contributed by atoms with Crippen LogP contribution >= 0.6 is 12.4 Å². The molecule has 28 heavy (non-hydrogen) atoms. The minimum atomic E-state index is -0.403. The van der Waals surface area contributed by atoms with Crippen LogP contribution in [0.3, 0.4) is 0 Å². The van der Waals surface area contributed by atoms with E-state index < -0.39 is 5.82 Å². The van der Waals surface area contributed by atoms with Crippen molar-refractivity contribution >= 4 is 35.8 Å². The van der Waals surface area contributed by atoms with Crippen molar-refractivity contribution in [3.8, 4) is 0 Å². The van der Waals surface area contributed by atoms with Crippen molar-refractivity contribution in [2.45, 2.75) is 6.92 Å². The highest BCUT2D eigenvalue weighted by Crippen LogP contribution is 2.31. The van der Waals surface area contributed by atoms with Gasteiger partial charge in [-0.1, -0.05) is 0 Å². The number of carbonyl (C=O) groups excluding carboxylic acids is 1. The second-order valence-electron chi connectivity index (χ2n) is 7.01. The van der Waals surface area contributed by atoms with Crippen molar-refractivity contribution < 1.29 is 9.18 Å². The second kappa shape index (κ2) is 8.70. The normalized spacial score (nSPS) is 20.4. The van der Waals surface area contributed by atoms with E-state index in [1.54, 1.807) is 24.3 Å². The molecule has 0 aliphatic carbocycles. The van der Waals surface area contributed by atoms with Crippen LogP contribution in [0.25, 0.3) is 0 Å². The number of carbonyl (C=O) groups is 1. The number of aromatic nitrogens is 2. The number of nitrogens with one attached hydrogen (secondary N) is 3. The van der Waals surface area contributed by atoms with E-state index in [1.807, 2.05) is 11.8 Å². The van der Waals surface area contributed by atoms with Gasteiger partial charge < -0.3 is 20.9 Å². The lowest BCUT2D eigenvalue weighted by atomic mass is 10.0. The average molecular weight is 407 g/mol. The molecule has 9 heteroatoms. The lowest BCUT2D eigenvalue weighted by Gasteiger charge is -2.19. The Bertz CT molecular complexity index is 822. The van der Waals surface area contributed by atoms with Crippen molar-refractivity contribution in [2.75, 3.05) is 42.9 Å². The minimum absolute atomic E-state index is 0. The van der Waals surface area contributed by atoms with Crippen LogP contribution in [0, 0.1) is 17.7 Å². The Labute approximate surface area is 169 Å². The van der Waals surface area contributed by atoms with Crippen LogP contribution in [0.15, 0.2) is 30.5 Å². The second-order valence-corrected chi connectivity index (χ2v) is 7.01. The Morgan fingerprint density at radius 1 is 1.25 bits per heavy atom. The molecule has 150 valence electrons. The zero-order valence-electron chi connectivity index (χ0n) is 15.6. The molecule has 2 saturated heterocycles. The molecule has 0 spiro atoms. The maximum Gasteiger partial charge on any atom is 0.251 e.